The van der Waals surface area contributed by atoms with Gasteiger partial charge in [0.05, 0.1) is 5.92 Å². The van der Waals surface area contributed by atoms with Crippen LogP contribution in [-0.4, -0.2) is 26.0 Å². The van der Waals surface area contributed by atoms with Crippen LogP contribution in [0.5, 0.6) is 0 Å². The van der Waals surface area contributed by atoms with E-state index < -0.39 is 22.1 Å². The number of rotatable bonds is 5. The Kier molecular flexibility index (Phi) is 4.15. The zero-order chi connectivity index (χ0) is 9.78. The van der Waals surface area contributed by atoms with Gasteiger partial charge in [-0.1, -0.05) is 6.92 Å². The van der Waals surface area contributed by atoms with E-state index in [0.717, 1.165) is 0 Å². The highest BCUT2D eigenvalue weighted by Crippen LogP contribution is 2.00. The Labute approximate surface area is 70.9 Å². The molecule has 0 aliphatic rings. The standard InChI is InChI=1S/C5H12N2O4S/c1-2-4(5(8)9)3-7-12(6,10)11/h4,7H,2-3H2,1H3,(H,8,9)(H2,6,10,11). The van der Waals surface area contributed by atoms with E-state index >= 15 is 0 Å². The molecule has 0 aromatic rings. The SMILES string of the molecule is CCC(CNS(N)(=O)=O)C(=O)O. The van der Waals surface area contributed by atoms with Gasteiger partial charge in [-0.3, -0.25) is 4.79 Å². The average Bonchev–Trinajstić information content (AvgIpc) is 1.85. The molecule has 0 heterocycles. The smallest absolute Gasteiger partial charge is 0.307 e. The summed E-state index contributed by atoms with van der Waals surface area (Å²) in [6, 6.07) is 0. The van der Waals surface area contributed by atoms with E-state index in [0.29, 0.717) is 6.42 Å². The molecule has 0 spiro atoms. The molecule has 1 atom stereocenters. The Hall–Kier alpha value is -0.660. The molecule has 0 aliphatic heterocycles. The lowest BCUT2D eigenvalue weighted by Crippen LogP contribution is -2.36. The van der Waals surface area contributed by atoms with Gasteiger partial charge in [0.15, 0.2) is 0 Å². The fourth-order valence-corrected chi connectivity index (χ4v) is 1.06. The van der Waals surface area contributed by atoms with Crippen molar-refractivity contribution in [2.75, 3.05) is 6.54 Å². The number of hydrogen-bond acceptors (Lipinski definition) is 3. The summed E-state index contributed by atoms with van der Waals surface area (Å²) in [5.41, 5.74) is 0. The summed E-state index contributed by atoms with van der Waals surface area (Å²) in [4.78, 5) is 10.4. The van der Waals surface area contributed by atoms with E-state index in [1.807, 2.05) is 4.72 Å². The van der Waals surface area contributed by atoms with Crippen molar-refractivity contribution < 1.29 is 18.3 Å². The molecule has 6 nitrogen and oxygen atoms in total. The second kappa shape index (κ2) is 4.39. The third-order valence-corrected chi connectivity index (χ3v) is 1.94. The maximum Gasteiger partial charge on any atom is 0.307 e. The third-order valence-electron chi connectivity index (χ3n) is 1.37. The van der Waals surface area contributed by atoms with E-state index in [-0.39, 0.29) is 6.54 Å². The molecule has 0 aromatic heterocycles. The number of aliphatic carboxylic acids is 1. The van der Waals surface area contributed by atoms with E-state index in [1.165, 1.54) is 0 Å². The molecule has 0 amide bonds. The molecule has 0 aliphatic carbocycles. The van der Waals surface area contributed by atoms with Crippen molar-refractivity contribution in [3.63, 3.8) is 0 Å². The predicted octanol–water partition coefficient (Wildman–Crippen LogP) is -1.11. The molecule has 1 unspecified atom stereocenters. The largest absolute Gasteiger partial charge is 0.481 e. The van der Waals surface area contributed by atoms with Gasteiger partial charge in [-0.25, -0.2) is 9.86 Å². The minimum absolute atomic E-state index is 0.162. The summed E-state index contributed by atoms with van der Waals surface area (Å²) >= 11 is 0. The van der Waals surface area contributed by atoms with Crippen molar-refractivity contribution in [2.45, 2.75) is 13.3 Å². The molecule has 0 saturated carbocycles. The van der Waals surface area contributed by atoms with Crippen LogP contribution < -0.4 is 9.86 Å². The minimum Gasteiger partial charge on any atom is -0.481 e. The van der Waals surface area contributed by atoms with Gasteiger partial charge in [-0.2, -0.15) is 8.42 Å². The Balaban J connectivity index is 3.98. The Morgan fingerprint density at radius 2 is 2.17 bits per heavy atom. The van der Waals surface area contributed by atoms with Crippen LogP contribution in [0.25, 0.3) is 0 Å². The molecule has 0 radical (unpaired) electrons. The first kappa shape index (κ1) is 11.3. The first-order valence-electron chi connectivity index (χ1n) is 3.37. The van der Waals surface area contributed by atoms with Crippen molar-refractivity contribution >= 4 is 16.2 Å². The van der Waals surface area contributed by atoms with Crippen LogP contribution in [0.15, 0.2) is 0 Å². The second-order valence-corrected chi connectivity index (χ2v) is 3.72. The van der Waals surface area contributed by atoms with Gasteiger partial charge >= 0.3 is 5.97 Å². The first-order chi connectivity index (χ1) is 5.37. The van der Waals surface area contributed by atoms with E-state index in [9.17, 15) is 13.2 Å². The molecule has 72 valence electrons. The highest BCUT2D eigenvalue weighted by atomic mass is 32.2. The quantitative estimate of drug-likeness (QED) is 0.518. The van der Waals surface area contributed by atoms with Crippen molar-refractivity contribution in [3.05, 3.63) is 0 Å². The summed E-state index contributed by atoms with van der Waals surface area (Å²) in [5, 5.41) is 13.1. The van der Waals surface area contributed by atoms with Gasteiger partial charge in [0.25, 0.3) is 10.2 Å². The molecule has 0 fully saturated rings. The fraction of sp³-hybridized carbons (Fsp3) is 0.800. The lowest BCUT2D eigenvalue weighted by atomic mass is 10.1. The van der Waals surface area contributed by atoms with Gasteiger partial charge in [-0.05, 0) is 6.42 Å². The van der Waals surface area contributed by atoms with Crippen molar-refractivity contribution in [2.24, 2.45) is 11.1 Å². The van der Waals surface area contributed by atoms with Gasteiger partial charge < -0.3 is 5.11 Å². The van der Waals surface area contributed by atoms with Crippen LogP contribution in [0.2, 0.25) is 0 Å². The van der Waals surface area contributed by atoms with Crippen molar-refractivity contribution in [1.29, 1.82) is 0 Å². The fourth-order valence-electron chi connectivity index (χ4n) is 0.623. The normalized spacial score (nSPS) is 14.2. The number of carbonyl (C=O) groups is 1. The predicted molar refractivity (Wildman–Crippen MR) is 42.5 cm³/mol. The highest BCUT2D eigenvalue weighted by molar-refractivity contribution is 7.87. The maximum atomic E-state index is 10.4. The topological polar surface area (TPSA) is 109 Å². The summed E-state index contributed by atoms with van der Waals surface area (Å²) in [6.45, 7) is 1.49. The monoisotopic (exact) mass is 196 g/mol. The van der Waals surface area contributed by atoms with Crippen LogP contribution in [0.1, 0.15) is 13.3 Å². The molecule has 0 bridgehead atoms. The summed E-state index contributed by atoms with van der Waals surface area (Å²) in [6.07, 6.45) is 0.359. The number of hydrogen-bond donors (Lipinski definition) is 3. The molecular formula is C5H12N2O4S. The van der Waals surface area contributed by atoms with Gasteiger partial charge in [0, 0.05) is 6.54 Å². The first-order valence-corrected chi connectivity index (χ1v) is 4.91. The summed E-state index contributed by atoms with van der Waals surface area (Å²) < 4.78 is 22.6. The van der Waals surface area contributed by atoms with Crippen LogP contribution in [0.4, 0.5) is 0 Å². The van der Waals surface area contributed by atoms with Crippen molar-refractivity contribution in [3.8, 4) is 0 Å². The Morgan fingerprint density at radius 1 is 1.67 bits per heavy atom. The molecule has 0 saturated heterocycles. The van der Waals surface area contributed by atoms with E-state index in [2.05, 4.69) is 5.14 Å². The maximum absolute atomic E-state index is 10.4. The summed E-state index contributed by atoms with van der Waals surface area (Å²) in [7, 11) is -3.78. The van der Waals surface area contributed by atoms with Crippen molar-refractivity contribution in [1.82, 2.24) is 4.72 Å². The highest BCUT2D eigenvalue weighted by Gasteiger charge is 2.16. The molecule has 7 heteroatoms. The average molecular weight is 196 g/mol. The van der Waals surface area contributed by atoms with Gasteiger partial charge in [0.1, 0.15) is 0 Å². The van der Waals surface area contributed by atoms with Crippen LogP contribution in [-0.2, 0) is 15.0 Å². The van der Waals surface area contributed by atoms with E-state index in [4.69, 9.17) is 5.11 Å². The Bertz CT molecular complexity index is 248. The molecule has 4 N–H and O–H groups in total. The number of nitrogens with two attached hydrogens (primary N) is 1. The lowest BCUT2D eigenvalue weighted by molar-refractivity contribution is -0.141. The van der Waals surface area contributed by atoms with Gasteiger partial charge in [-0.15, -0.1) is 0 Å². The van der Waals surface area contributed by atoms with E-state index in [1.54, 1.807) is 6.92 Å². The van der Waals surface area contributed by atoms with Crippen LogP contribution in [0, 0.1) is 5.92 Å². The Morgan fingerprint density at radius 3 is 2.42 bits per heavy atom. The molecule has 0 aromatic carbocycles. The van der Waals surface area contributed by atoms with Gasteiger partial charge in [0.2, 0.25) is 0 Å². The molecule has 0 rings (SSSR count). The molecule has 12 heavy (non-hydrogen) atoms. The zero-order valence-electron chi connectivity index (χ0n) is 6.65. The number of carboxylic acid groups (broad SMARTS) is 1. The second-order valence-electron chi connectivity index (χ2n) is 2.34. The zero-order valence-corrected chi connectivity index (χ0v) is 7.47. The minimum atomic E-state index is -3.78. The molecular weight excluding hydrogens is 184 g/mol. The summed E-state index contributed by atoms with van der Waals surface area (Å²) in [5.74, 6) is -1.75. The number of nitrogens with one attached hydrogen (secondary N) is 1. The number of carboxylic acids is 1. The third kappa shape index (κ3) is 5.05. The lowest BCUT2D eigenvalue weighted by Gasteiger charge is -2.08. The van der Waals surface area contributed by atoms with Crippen LogP contribution in [0.3, 0.4) is 0 Å². The van der Waals surface area contributed by atoms with Crippen LogP contribution >= 0.6 is 0 Å².